The van der Waals surface area contributed by atoms with E-state index in [4.69, 9.17) is 4.18 Å². The number of carbonyl (C=O) groups is 1. The number of nitrogens with zero attached hydrogens (tertiary/aromatic N) is 3. The van der Waals surface area contributed by atoms with E-state index in [1.54, 1.807) is 0 Å². The van der Waals surface area contributed by atoms with E-state index in [1.165, 1.54) is 6.42 Å². The van der Waals surface area contributed by atoms with Crippen molar-refractivity contribution in [3.05, 3.63) is 0 Å². The molecule has 7 nitrogen and oxygen atoms in total. The summed E-state index contributed by atoms with van der Waals surface area (Å²) in [6.07, 6.45) is 6.56. The molecule has 0 N–H and O–H groups in total. The van der Waals surface area contributed by atoms with Crippen LogP contribution in [0.2, 0.25) is 0 Å². The molecule has 0 aromatic heterocycles. The predicted octanol–water partition coefficient (Wildman–Crippen LogP) is 2.48. The van der Waals surface area contributed by atoms with Crippen LogP contribution in [0.3, 0.4) is 0 Å². The van der Waals surface area contributed by atoms with Crippen LogP contribution in [0.1, 0.15) is 53.4 Å². The van der Waals surface area contributed by atoms with Gasteiger partial charge in [0.2, 0.25) is 6.41 Å². The summed E-state index contributed by atoms with van der Waals surface area (Å²) in [6.45, 7) is 14.1. The number of carbonyl (C=O) groups excluding carboxylic acids is 1. The third kappa shape index (κ3) is 5.45. The van der Waals surface area contributed by atoms with Crippen LogP contribution in [0.5, 0.6) is 0 Å². The van der Waals surface area contributed by atoms with Crippen molar-refractivity contribution in [3.63, 3.8) is 0 Å². The average molecular weight is 458 g/mol. The number of hydrogen-bond acceptors (Lipinski definition) is 6. The lowest BCUT2D eigenvalue weighted by Gasteiger charge is -2.61. The zero-order valence-corrected chi connectivity index (χ0v) is 21.2. The number of fused-ring (bicyclic) bond motifs is 1. The van der Waals surface area contributed by atoms with E-state index in [2.05, 4.69) is 44.5 Å². The number of likely N-dealkylation sites (N-methyl/N-ethyl adjacent to an activating group) is 1. The van der Waals surface area contributed by atoms with E-state index in [1.807, 2.05) is 4.90 Å². The molecule has 8 heteroatoms. The topological polar surface area (TPSA) is 70.2 Å². The van der Waals surface area contributed by atoms with Crippen molar-refractivity contribution in [2.45, 2.75) is 59.4 Å². The van der Waals surface area contributed by atoms with Crippen LogP contribution in [-0.4, -0.2) is 88.3 Å². The monoisotopic (exact) mass is 457 g/mol. The minimum absolute atomic E-state index is 0.0186. The highest BCUT2D eigenvalue weighted by atomic mass is 32.2. The second-order valence-electron chi connectivity index (χ2n) is 11.3. The molecular formula is C23H43N3O4S. The Morgan fingerprint density at radius 3 is 2.35 bits per heavy atom. The Morgan fingerprint density at radius 2 is 1.77 bits per heavy atom. The highest BCUT2D eigenvalue weighted by Crippen LogP contribution is 2.61. The standard InChI is InChI=1S/C23H43N3O4S/c1-18-19(15-30-31(6,28)29)23(4)9-7-8-22(2,3)21(23)14-20(18)26(17-27)16-25-12-10-24(5)11-13-25/h17-21H,7-16H2,1-6H3. The third-order valence-corrected chi connectivity index (χ3v) is 9.39. The molecule has 0 aromatic rings. The van der Waals surface area contributed by atoms with Gasteiger partial charge in [-0.3, -0.25) is 13.9 Å². The summed E-state index contributed by atoms with van der Waals surface area (Å²) in [7, 11) is -1.37. The largest absolute Gasteiger partial charge is 0.329 e. The minimum Gasteiger partial charge on any atom is -0.329 e. The van der Waals surface area contributed by atoms with E-state index in [0.29, 0.717) is 12.6 Å². The summed E-state index contributed by atoms with van der Waals surface area (Å²) >= 11 is 0. The molecule has 0 bridgehead atoms. The maximum absolute atomic E-state index is 12.3. The van der Waals surface area contributed by atoms with E-state index >= 15 is 0 Å². The highest BCUT2D eigenvalue weighted by Gasteiger charge is 2.57. The van der Waals surface area contributed by atoms with Crippen LogP contribution in [-0.2, 0) is 19.1 Å². The van der Waals surface area contributed by atoms with Gasteiger partial charge in [-0.2, -0.15) is 8.42 Å². The molecular weight excluding hydrogens is 414 g/mol. The zero-order chi connectivity index (χ0) is 23.0. The van der Waals surface area contributed by atoms with E-state index in [9.17, 15) is 13.2 Å². The summed E-state index contributed by atoms with van der Waals surface area (Å²) in [5, 5.41) is 0. The quantitative estimate of drug-likeness (QED) is 0.432. The Balaban J connectivity index is 1.86. The number of rotatable bonds is 7. The van der Waals surface area contributed by atoms with Gasteiger partial charge in [-0.05, 0) is 54.9 Å². The summed E-state index contributed by atoms with van der Waals surface area (Å²) < 4.78 is 29.1. The van der Waals surface area contributed by atoms with Crippen LogP contribution in [0.4, 0.5) is 0 Å². The molecule has 2 aliphatic carbocycles. The van der Waals surface area contributed by atoms with E-state index in [0.717, 1.165) is 58.1 Å². The average Bonchev–Trinajstić information content (AvgIpc) is 2.66. The fourth-order valence-corrected chi connectivity index (χ4v) is 7.33. The highest BCUT2D eigenvalue weighted by molar-refractivity contribution is 7.85. The second kappa shape index (κ2) is 9.27. The van der Waals surface area contributed by atoms with Gasteiger partial charge in [0.15, 0.2) is 0 Å². The van der Waals surface area contributed by atoms with E-state index in [-0.39, 0.29) is 35.3 Å². The van der Waals surface area contributed by atoms with Gasteiger partial charge in [-0.1, -0.05) is 34.1 Å². The molecule has 3 rings (SSSR count). The molecule has 180 valence electrons. The summed E-state index contributed by atoms with van der Waals surface area (Å²) in [5.74, 6) is 0.702. The van der Waals surface area contributed by atoms with Crippen molar-refractivity contribution < 1.29 is 17.4 Å². The van der Waals surface area contributed by atoms with Crippen LogP contribution in [0, 0.1) is 28.6 Å². The Morgan fingerprint density at radius 1 is 1.13 bits per heavy atom. The van der Waals surface area contributed by atoms with Gasteiger partial charge in [0, 0.05) is 32.2 Å². The van der Waals surface area contributed by atoms with Gasteiger partial charge >= 0.3 is 0 Å². The number of piperazine rings is 1. The molecule has 2 saturated carbocycles. The van der Waals surface area contributed by atoms with Gasteiger partial charge in [-0.15, -0.1) is 0 Å². The maximum atomic E-state index is 12.3. The van der Waals surface area contributed by atoms with Gasteiger partial charge in [0.1, 0.15) is 0 Å². The first-order chi connectivity index (χ1) is 14.4. The SMILES string of the molecule is CC1C(N(C=O)CN2CCN(C)CC2)CC2C(C)(C)CCCC2(C)C1COS(C)(=O)=O. The van der Waals surface area contributed by atoms with Gasteiger partial charge < -0.3 is 9.80 Å². The molecule has 1 aliphatic heterocycles. The molecule has 1 heterocycles. The van der Waals surface area contributed by atoms with Crippen LogP contribution >= 0.6 is 0 Å². The van der Waals surface area contributed by atoms with Crippen LogP contribution in [0.25, 0.3) is 0 Å². The van der Waals surface area contributed by atoms with Gasteiger partial charge in [-0.25, -0.2) is 0 Å². The molecule has 1 amide bonds. The summed E-state index contributed by atoms with van der Waals surface area (Å²) in [4.78, 5) is 19.0. The fourth-order valence-electron chi connectivity index (χ4n) is 6.94. The first-order valence-electron chi connectivity index (χ1n) is 11.8. The summed E-state index contributed by atoms with van der Waals surface area (Å²) in [6, 6.07) is 0.0979. The van der Waals surface area contributed by atoms with Crippen molar-refractivity contribution in [1.82, 2.24) is 14.7 Å². The predicted molar refractivity (Wildman–Crippen MR) is 123 cm³/mol. The molecule has 0 radical (unpaired) electrons. The fraction of sp³-hybridized carbons (Fsp3) is 0.957. The van der Waals surface area contributed by atoms with Crippen molar-refractivity contribution in [1.29, 1.82) is 0 Å². The van der Waals surface area contributed by atoms with E-state index < -0.39 is 10.1 Å². The first-order valence-corrected chi connectivity index (χ1v) is 13.7. The summed E-state index contributed by atoms with van der Waals surface area (Å²) in [5.41, 5.74) is 0.182. The van der Waals surface area contributed by atoms with Crippen molar-refractivity contribution >= 4 is 16.5 Å². The normalized spacial score (nSPS) is 37.2. The molecule has 3 fully saturated rings. The lowest BCUT2D eigenvalue weighted by atomic mass is 9.46. The molecule has 5 atom stereocenters. The Hall–Kier alpha value is -0.700. The second-order valence-corrected chi connectivity index (χ2v) is 13.0. The molecule has 0 spiro atoms. The molecule has 3 aliphatic rings. The third-order valence-electron chi connectivity index (χ3n) is 8.82. The molecule has 5 unspecified atom stereocenters. The minimum atomic E-state index is -3.51. The van der Waals surface area contributed by atoms with Crippen LogP contribution in [0.15, 0.2) is 0 Å². The Labute approximate surface area is 189 Å². The van der Waals surface area contributed by atoms with Gasteiger partial charge in [0.05, 0.1) is 19.5 Å². The molecule has 1 saturated heterocycles. The molecule has 31 heavy (non-hydrogen) atoms. The number of amides is 1. The zero-order valence-electron chi connectivity index (χ0n) is 20.3. The van der Waals surface area contributed by atoms with Crippen LogP contribution < -0.4 is 0 Å². The lowest BCUT2D eigenvalue weighted by molar-refractivity contribution is -0.150. The smallest absolute Gasteiger partial charge is 0.264 e. The van der Waals surface area contributed by atoms with Crippen molar-refractivity contribution in [2.75, 3.05) is 52.8 Å². The van der Waals surface area contributed by atoms with Crippen molar-refractivity contribution in [2.24, 2.45) is 28.6 Å². The van der Waals surface area contributed by atoms with Crippen molar-refractivity contribution in [3.8, 4) is 0 Å². The lowest BCUT2D eigenvalue weighted by Crippen LogP contribution is -2.61. The maximum Gasteiger partial charge on any atom is 0.264 e. The number of hydrogen-bond donors (Lipinski definition) is 0. The first kappa shape index (κ1) is 24.9. The Bertz CT molecular complexity index is 735. The molecule has 0 aromatic carbocycles. The Kier molecular flexibility index (Phi) is 7.46. The van der Waals surface area contributed by atoms with Gasteiger partial charge in [0.25, 0.3) is 10.1 Å².